The Hall–Kier alpha value is -2.87. The van der Waals surface area contributed by atoms with Crippen molar-refractivity contribution >= 4 is 39.1 Å². The van der Waals surface area contributed by atoms with Crippen LogP contribution < -0.4 is 20.2 Å². The fourth-order valence-corrected chi connectivity index (χ4v) is 2.61. The number of ether oxygens (including phenoxy) is 2. The monoisotopic (exact) mass is 433 g/mol. The van der Waals surface area contributed by atoms with Gasteiger partial charge in [0.2, 0.25) is 5.91 Å². The highest BCUT2D eigenvalue weighted by Crippen LogP contribution is 2.24. The van der Waals surface area contributed by atoms with E-state index < -0.39 is 5.91 Å². The molecule has 2 aromatic carbocycles. The van der Waals surface area contributed by atoms with Crippen molar-refractivity contribution in [3.63, 3.8) is 0 Å². The lowest BCUT2D eigenvalue weighted by atomic mass is 10.2. The van der Waals surface area contributed by atoms with Crippen LogP contribution in [0.25, 0.3) is 0 Å². The normalized spacial score (nSPS) is 10.9. The topological polar surface area (TPSA) is 89.0 Å². The van der Waals surface area contributed by atoms with E-state index in [0.717, 1.165) is 4.47 Å². The number of hydrogen-bond acceptors (Lipinski definition) is 5. The zero-order chi connectivity index (χ0) is 19.8. The van der Waals surface area contributed by atoms with Crippen LogP contribution in [0.2, 0.25) is 0 Å². The van der Waals surface area contributed by atoms with Gasteiger partial charge in [0.15, 0.2) is 0 Å². The molecular formula is C19H20BrN3O4. The molecule has 0 spiro atoms. The van der Waals surface area contributed by atoms with Gasteiger partial charge in [-0.2, -0.15) is 5.10 Å². The largest absolute Gasteiger partial charge is 0.497 e. The molecule has 0 saturated heterocycles. The second-order valence-electron chi connectivity index (χ2n) is 5.56. The third kappa shape index (κ3) is 5.82. The van der Waals surface area contributed by atoms with Crippen molar-refractivity contribution < 1.29 is 19.1 Å². The van der Waals surface area contributed by atoms with E-state index >= 15 is 0 Å². The number of para-hydroxylation sites is 1. The second-order valence-corrected chi connectivity index (χ2v) is 6.41. The zero-order valence-corrected chi connectivity index (χ0v) is 16.8. The number of hydrogen-bond donors (Lipinski definition) is 2. The van der Waals surface area contributed by atoms with E-state index in [2.05, 4.69) is 31.8 Å². The summed E-state index contributed by atoms with van der Waals surface area (Å²) in [5.41, 5.74) is 3.87. The van der Waals surface area contributed by atoms with Gasteiger partial charge in [-0.05, 0) is 47.1 Å². The van der Waals surface area contributed by atoms with Crippen molar-refractivity contribution in [3.05, 3.63) is 52.5 Å². The summed E-state index contributed by atoms with van der Waals surface area (Å²) < 4.78 is 11.1. The number of benzene rings is 2. The number of nitrogens with zero attached hydrogens (tertiary/aromatic N) is 1. The van der Waals surface area contributed by atoms with Gasteiger partial charge < -0.3 is 14.8 Å². The van der Waals surface area contributed by atoms with Crippen LogP contribution in [-0.2, 0) is 4.79 Å². The van der Waals surface area contributed by atoms with Gasteiger partial charge in [0, 0.05) is 16.3 Å². The van der Waals surface area contributed by atoms with Crippen LogP contribution >= 0.6 is 15.9 Å². The molecule has 0 atom stereocenters. The first-order valence-electron chi connectivity index (χ1n) is 8.04. The molecule has 0 bridgehead atoms. The standard InChI is InChI=1S/C19H20BrN3O4/c1-12(10-18(24)21-16-7-5-4-6-15(16)20)22-23-19(25)14-9-8-13(26-2)11-17(14)27-3/h4-9,11H,10H2,1-3H3,(H,21,24)(H,23,25)/b22-12-. The van der Waals surface area contributed by atoms with Gasteiger partial charge in [-0.1, -0.05) is 12.1 Å². The molecule has 0 fully saturated rings. The maximum Gasteiger partial charge on any atom is 0.275 e. The number of carbonyl (C=O) groups excluding carboxylic acids is 2. The van der Waals surface area contributed by atoms with Crippen molar-refractivity contribution in [1.82, 2.24) is 5.43 Å². The first-order valence-corrected chi connectivity index (χ1v) is 8.83. The Kier molecular flexibility index (Phi) is 7.36. The number of halogens is 1. The van der Waals surface area contributed by atoms with Crippen molar-refractivity contribution in [2.45, 2.75) is 13.3 Å². The van der Waals surface area contributed by atoms with E-state index in [4.69, 9.17) is 9.47 Å². The average molecular weight is 434 g/mol. The Morgan fingerprint density at radius 2 is 1.85 bits per heavy atom. The number of nitrogens with one attached hydrogen (secondary N) is 2. The van der Waals surface area contributed by atoms with E-state index in [1.165, 1.54) is 14.2 Å². The molecule has 2 N–H and O–H groups in total. The molecule has 0 aliphatic heterocycles. The van der Waals surface area contributed by atoms with Crippen molar-refractivity contribution in [2.75, 3.05) is 19.5 Å². The Morgan fingerprint density at radius 3 is 2.52 bits per heavy atom. The zero-order valence-electron chi connectivity index (χ0n) is 15.2. The van der Waals surface area contributed by atoms with Gasteiger partial charge in [-0.25, -0.2) is 5.43 Å². The van der Waals surface area contributed by atoms with Crippen molar-refractivity contribution in [2.24, 2.45) is 5.10 Å². The van der Waals surface area contributed by atoms with E-state index in [0.29, 0.717) is 28.5 Å². The van der Waals surface area contributed by atoms with Crippen LogP contribution in [-0.4, -0.2) is 31.7 Å². The maximum atomic E-state index is 12.3. The van der Waals surface area contributed by atoms with Gasteiger partial charge in [0.1, 0.15) is 11.5 Å². The van der Waals surface area contributed by atoms with Crippen LogP contribution in [0.4, 0.5) is 5.69 Å². The van der Waals surface area contributed by atoms with Crippen LogP contribution in [0.3, 0.4) is 0 Å². The smallest absolute Gasteiger partial charge is 0.275 e. The molecule has 8 heteroatoms. The molecule has 27 heavy (non-hydrogen) atoms. The summed E-state index contributed by atoms with van der Waals surface area (Å²) in [6, 6.07) is 12.1. The molecule has 0 radical (unpaired) electrons. The quantitative estimate of drug-likeness (QED) is 0.515. The Bertz CT molecular complexity index is 868. The molecular weight excluding hydrogens is 414 g/mol. The highest BCUT2D eigenvalue weighted by molar-refractivity contribution is 9.10. The number of methoxy groups -OCH3 is 2. The first-order chi connectivity index (χ1) is 12.9. The van der Waals surface area contributed by atoms with Gasteiger partial charge in [0.25, 0.3) is 5.91 Å². The molecule has 2 rings (SSSR count). The molecule has 2 aromatic rings. The van der Waals surface area contributed by atoms with Gasteiger partial charge in [-0.15, -0.1) is 0 Å². The van der Waals surface area contributed by atoms with E-state index in [-0.39, 0.29) is 12.3 Å². The van der Waals surface area contributed by atoms with E-state index in [9.17, 15) is 9.59 Å². The Morgan fingerprint density at radius 1 is 1.11 bits per heavy atom. The predicted molar refractivity (Wildman–Crippen MR) is 108 cm³/mol. The molecule has 0 saturated carbocycles. The predicted octanol–water partition coefficient (Wildman–Crippen LogP) is 3.60. The lowest BCUT2D eigenvalue weighted by Gasteiger charge is -2.10. The first kappa shape index (κ1) is 20.4. The Labute approximate surface area is 165 Å². The number of hydrazone groups is 1. The molecule has 0 unspecified atom stereocenters. The highest BCUT2D eigenvalue weighted by Gasteiger charge is 2.13. The molecule has 142 valence electrons. The van der Waals surface area contributed by atoms with E-state index in [1.807, 2.05) is 18.2 Å². The molecule has 0 aliphatic carbocycles. The fraction of sp³-hybridized carbons (Fsp3) is 0.211. The average Bonchev–Trinajstić information content (AvgIpc) is 2.67. The lowest BCUT2D eigenvalue weighted by Crippen LogP contribution is -2.22. The third-order valence-electron chi connectivity index (χ3n) is 3.57. The SMILES string of the molecule is COc1ccc(C(=O)N/N=C(/C)CC(=O)Nc2ccccc2Br)c(OC)c1. The van der Waals surface area contributed by atoms with Gasteiger partial charge >= 0.3 is 0 Å². The molecule has 7 nitrogen and oxygen atoms in total. The van der Waals surface area contributed by atoms with Crippen LogP contribution in [0.1, 0.15) is 23.7 Å². The third-order valence-corrected chi connectivity index (χ3v) is 4.26. The summed E-state index contributed by atoms with van der Waals surface area (Å²) >= 11 is 3.37. The van der Waals surface area contributed by atoms with Crippen LogP contribution in [0, 0.1) is 0 Å². The molecule has 2 amide bonds. The summed E-state index contributed by atoms with van der Waals surface area (Å²) in [7, 11) is 2.99. The summed E-state index contributed by atoms with van der Waals surface area (Å²) in [6.07, 6.45) is 0.0430. The minimum Gasteiger partial charge on any atom is -0.497 e. The van der Waals surface area contributed by atoms with E-state index in [1.54, 1.807) is 31.2 Å². The molecule has 0 aliphatic rings. The minimum absolute atomic E-state index is 0.0430. The summed E-state index contributed by atoms with van der Waals surface area (Å²) in [5.74, 6) is 0.262. The van der Waals surface area contributed by atoms with Crippen molar-refractivity contribution in [3.8, 4) is 11.5 Å². The summed E-state index contributed by atoms with van der Waals surface area (Å²) in [5, 5.41) is 6.76. The van der Waals surface area contributed by atoms with Crippen LogP contribution in [0.15, 0.2) is 52.0 Å². The van der Waals surface area contributed by atoms with Crippen molar-refractivity contribution in [1.29, 1.82) is 0 Å². The molecule has 0 heterocycles. The highest BCUT2D eigenvalue weighted by atomic mass is 79.9. The Balaban J connectivity index is 1.97. The molecule has 0 aromatic heterocycles. The van der Waals surface area contributed by atoms with Gasteiger partial charge in [0.05, 0.1) is 31.9 Å². The maximum absolute atomic E-state index is 12.3. The van der Waals surface area contributed by atoms with Gasteiger partial charge in [-0.3, -0.25) is 9.59 Å². The number of amides is 2. The number of anilines is 1. The summed E-state index contributed by atoms with van der Waals surface area (Å²) in [6.45, 7) is 1.66. The lowest BCUT2D eigenvalue weighted by molar-refractivity contribution is -0.115. The number of rotatable bonds is 7. The second kappa shape index (κ2) is 9.72. The minimum atomic E-state index is -0.444. The van der Waals surface area contributed by atoms with Crippen LogP contribution in [0.5, 0.6) is 11.5 Å². The summed E-state index contributed by atoms with van der Waals surface area (Å²) in [4.78, 5) is 24.4. The number of carbonyl (C=O) groups is 2. The fourth-order valence-electron chi connectivity index (χ4n) is 2.22.